The van der Waals surface area contributed by atoms with Crippen LogP contribution >= 0.6 is 0 Å². The highest BCUT2D eigenvalue weighted by Crippen LogP contribution is 2.33. The van der Waals surface area contributed by atoms with Crippen LogP contribution in [-0.4, -0.2) is 33.2 Å². The monoisotopic (exact) mass is 210 g/mol. The topological polar surface area (TPSA) is 47.7 Å². The van der Waals surface area contributed by atoms with E-state index in [-0.39, 0.29) is 0 Å². The van der Waals surface area contributed by atoms with Crippen LogP contribution in [0.1, 0.15) is 5.56 Å². The molecule has 0 spiro atoms. The van der Waals surface area contributed by atoms with Crippen LogP contribution in [0.4, 0.5) is 5.69 Å². The second-order valence-electron chi connectivity index (χ2n) is 3.65. The van der Waals surface area contributed by atoms with Crippen molar-refractivity contribution in [2.24, 2.45) is 0 Å². The van der Waals surface area contributed by atoms with Crippen LogP contribution in [0, 0.1) is 0 Å². The highest BCUT2D eigenvalue weighted by Gasteiger charge is 2.11. The minimum absolute atomic E-state index is 0.675. The van der Waals surface area contributed by atoms with E-state index in [4.69, 9.17) is 15.2 Å². The van der Waals surface area contributed by atoms with E-state index >= 15 is 0 Å². The molecular formula is C11H18N2O2. The average Bonchev–Trinajstić information content (AvgIpc) is 2.15. The molecular weight excluding hydrogens is 192 g/mol. The van der Waals surface area contributed by atoms with Crippen molar-refractivity contribution in [1.29, 1.82) is 0 Å². The molecule has 0 radical (unpaired) electrons. The molecule has 1 rings (SSSR count). The number of hydrogen-bond donors (Lipinski definition) is 1. The molecule has 15 heavy (non-hydrogen) atoms. The van der Waals surface area contributed by atoms with Crippen molar-refractivity contribution in [3.8, 4) is 11.5 Å². The first-order valence-corrected chi connectivity index (χ1v) is 4.73. The summed E-state index contributed by atoms with van der Waals surface area (Å²) in [6, 6.07) is 3.67. The lowest BCUT2D eigenvalue weighted by Gasteiger charge is -2.16. The van der Waals surface area contributed by atoms with Gasteiger partial charge in [-0.25, -0.2) is 0 Å². The Bertz CT molecular complexity index is 338. The Morgan fingerprint density at radius 2 is 1.87 bits per heavy atom. The van der Waals surface area contributed by atoms with Gasteiger partial charge in [0, 0.05) is 23.9 Å². The van der Waals surface area contributed by atoms with Gasteiger partial charge in [-0.3, -0.25) is 0 Å². The van der Waals surface area contributed by atoms with Crippen LogP contribution in [0.5, 0.6) is 11.5 Å². The molecule has 0 aliphatic rings. The lowest BCUT2D eigenvalue weighted by Crippen LogP contribution is -2.12. The number of nitrogen functional groups attached to an aromatic ring is 1. The van der Waals surface area contributed by atoms with Crippen molar-refractivity contribution in [1.82, 2.24) is 4.90 Å². The first-order chi connectivity index (χ1) is 7.08. The second kappa shape index (κ2) is 4.89. The van der Waals surface area contributed by atoms with Crippen molar-refractivity contribution in [2.45, 2.75) is 6.54 Å². The van der Waals surface area contributed by atoms with Crippen LogP contribution in [0.2, 0.25) is 0 Å². The molecule has 0 amide bonds. The Hall–Kier alpha value is -1.42. The smallest absolute Gasteiger partial charge is 0.165 e. The molecule has 1 aromatic rings. The van der Waals surface area contributed by atoms with Crippen molar-refractivity contribution in [2.75, 3.05) is 34.0 Å². The molecule has 0 aromatic heterocycles. The van der Waals surface area contributed by atoms with E-state index in [2.05, 4.69) is 4.90 Å². The van der Waals surface area contributed by atoms with Gasteiger partial charge in [0.05, 0.1) is 14.2 Å². The van der Waals surface area contributed by atoms with Crippen LogP contribution in [0.25, 0.3) is 0 Å². The van der Waals surface area contributed by atoms with Gasteiger partial charge < -0.3 is 20.1 Å². The van der Waals surface area contributed by atoms with Crippen LogP contribution in [0.3, 0.4) is 0 Å². The normalized spacial score (nSPS) is 10.5. The van der Waals surface area contributed by atoms with Gasteiger partial charge in [-0.1, -0.05) is 0 Å². The van der Waals surface area contributed by atoms with Crippen molar-refractivity contribution in [3.05, 3.63) is 17.7 Å². The first kappa shape index (κ1) is 11.7. The van der Waals surface area contributed by atoms with Crippen LogP contribution < -0.4 is 15.2 Å². The summed E-state index contributed by atoms with van der Waals surface area (Å²) in [4.78, 5) is 2.05. The first-order valence-electron chi connectivity index (χ1n) is 4.73. The summed E-state index contributed by atoms with van der Waals surface area (Å²) < 4.78 is 10.5. The minimum atomic E-state index is 0.675. The Morgan fingerprint density at radius 1 is 1.20 bits per heavy atom. The molecule has 0 unspecified atom stereocenters. The number of ether oxygens (including phenoxy) is 2. The van der Waals surface area contributed by atoms with Gasteiger partial charge in [0.15, 0.2) is 11.5 Å². The van der Waals surface area contributed by atoms with E-state index in [1.807, 2.05) is 20.2 Å². The zero-order valence-electron chi connectivity index (χ0n) is 9.70. The molecule has 0 saturated carbocycles. The largest absolute Gasteiger partial charge is 0.493 e. The lowest BCUT2D eigenvalue weighted by molar-refractivity contribution is 0.339. The maximum atomic E-state index is 5.78. The summed E-state index contributed by atoms with van der Waals surface area (Å²) in [7, 11) is 7.23. The van der Waals surface area contributed by atoms with E-state index in [0.717, 1.165) is 17.9 Å². The Balaban J connectivity index is 3.16. The van der Waals surface area contributed by atoms with E-state index in [1.165, 1.54) is 0 Å². The van der Waals surface area contributed by atoms with Crippen molar-refractivity contribution >= 4 is 5.69 Å². The number of anilines is 1. The van der Waals surface area contributed by atoms with E-state index in [1.54, 1.807) is 20.3 Å². The van der Waals surface area contributed by atoms with Crippen molar-refractivity contribution < 1.29 is 9.47 Å². The molecule has 0 fully saturated rings. The Labute approximate surface area is 90.6 Å². The third kappa shape index (κ3) is 2.76. The van der Waals surface area contributed by atoms with Gasteiger partial charge in [0.1, 0.15) is 0 Å². The molecule has 0 aliphatic heterocycles. The molecule has 1 aromatic carbocycles. The minimum Gasteiger partial charge on any atom is -0.493 e. The van der Waals surface area contributed by atoms with E-state index in [0.29, 0.717) is 11.4 Å². The molecule has 0 aliphatic carbocycles. The Morgan fingerprint density at radius 3 is 2.33 bits per heavy atom. The van der Waals surface area contributed by atoms with Gasteiger partial charge in [-0.05, 0) is 20.2 Å². The molecule has 2 N–H and O–H groups in total. The number of hydrogen-bond acceptors (Lipinski definition) is 4. The standard InChI is InChI=1S/C11H18N2O2/c1-13(2)7-8-5-9(12)6-10(14-3)11(8)15-4/h5-6H,7,12H2,1-4H3. The molecule has 0 saturated heterocycles. The number of nitrogens with zero attached hydrogens (tertiary/aromatic N) is 1. The van der Waals surface area contributed by atoms with Gasteiger partial charge in [-0.15, -0.1) is 0 Å². The maximum absolute atomic E-state index is 5.78. The third-order valence-electron chi connectivity index (χ3n) is 2.06. The summed E-state index contributed by atoms with van der Waals surface area (Å²) in [6.45, 7) is 0.768. The molecule has 4 nitrogen and oxygen atoms in total. The highest BCUT2D eigenvalue weighted by molar-refractivity contribution is 5.57. The predicted octanol–water partition coefficient (Wildman–Crippen LogP) is 1.35. The summed E-state index contributed by atoms with van der Waals surface area (Å²) in [6.07, 6.45) is 0. The summed E-state index contributed by atoms with van der Waals surface area (Å²) in [5.41, 5.74) is 7.49. The zero-order valence-corrected chi connectivity index (χ0v) is 9.70. The number of benzene rings is 1. The third-order valence-corrected chi connectivity index (χ3v) is 2.06. The van der Waals surface area contributed by atoms with Gasteiger partial charge in [0.25, 0.3) is 0 Å². The molecule has 4 heteroatoms. The second-order valence-corrected chi connectivity index (χ2v) is 3.65. The average molecular weight is 210 g/mol. The van der Waals surface area contributed by atoms with Crippen molar-refractivity contribution in [3.63, 3.8) is 0 Å². The summed E-state index contributed by atoms with van der Waals surface area (Å²) in [5.74, 6) is 1.43. The summed E-state index contributed by atoms with van der Waals surface area (Å²) in [5, 5.41) is 0. The fourth-order valence-corrected chi connectivity index (χ4v) is 1.53. The molecule has 0 heterocycles. The van der Waals surface area contributed by atoms with Gasteiger partial charge in [-0.2, -0.15) is 0 Å². The SMILES string of the molecule is COc1cc(N)cc(CN(C)C)c1OC. The van der Waals surface area contributed by atoms with Crippen LogP contribution in [-0.2, 0) is 6.54 Å². The fraction of sp³-hybridized carbons (Fsp3) is 0.455. The fourth-order valence-electron chi connectivity index (χ4n) is 1.53. The molecule has 0 atom stereocenters. The lowest BCUT2D eigenvalue weighted by atomic mass is 10.1. The zero-order chi connectivity index (χ0) is 11.4. The number of rotatable bonds is 4. The quantitative estimate of drug-likeness (QED) is 0.762. The highest BCUT2D eigenvalue weighted by atomic mass is 16.5. The maximum Gasteiger partial charge on any atom is 0.165 e. The van der Waals surface area contributed by atoms with E-state index < -0.39 is 0 Å². The van der Waals surface area contributed by atoms with Crippen LogP contribution in [0.15, 0.2) is 12.1 Å². The number of nitrogens with two attached hydrogens (primary N) is 1. The van der Waals surface area contributed by atoms with Gasteiger partial charge >= 0.3 is 0 Å². The molecule has 84 valence electrons. The van der Waals surface area contributed by atoms with E-state index in [9.17, 15) is 0 Å². The predicted molar refractivity (Wildman–Crippen MR) is 61.3 cm³/mol. The number of methoxy groups -OCH3 is 2. The summed E-state index contributed by atoms with van der Waals surface area (Å²) >= 11 is 0. The van der Waals surface area contributed by atoms with Gasteiger partial charge in [0.2, 0.25) is 0 Å². The molecule has 0 bridgehead atoms. The Kier molecular flexibility index (Phi) is 3.80.